The van der Waals surface area contributed by atoms with Gasteiger partial charge in [-0.1, -0.05) is 13.3 Å². The van der Waals surface area contributed by atoms with Gasteiger partial charge in [-0.15, -0.1) is 0 Å². The van der Waals surface area contributed by atoms with Crippen molar-refractivity contribution in [2.45, 2.75) is 46.1 Å². The van der Waals surface area contributed by atoms with Crippen LogP contribution in [0.25, 0.3) is 0 Å². The number of rotatable bonds is 11. The minimum Gasteiger partial charge on any atom is -0.490 e. The van der Waals surface area contributed by atoms with E-state index in [1.807, 2.05) is 20.8 Å². The van der Waals surface area contributed by atoms with E-state index in [9.17, 15) is 18.0 Å². The summed E-state index contributed by atoms with van der Waals surface area (Å²) >= 11 is 0. The number of amides is 1. The van der Waals surface area contributed by atoms with E-state index in [0.717, 1.165) is 12.8 Å². The molecule has 0 N–H and O–H groups in total. The second-order valence-corrected chi connectivity index (χ2v) is 9.33. The summed E-state index contributed by atoms with van der Waals surface area (Å²) in [6.45, 7) is 6.56. The number of benzene rings is 1. The third kappa shape index (κ3) is 6.62. The molecule has 0 spiro atoms. The van der Waals surface area contributed by atoms with Crippen molar-refractivity contribution in [3.63, 3.8) is 0 Å². The zero-order chi connectivity index (χ0) is 22.1. The Hall–Kier alpha value is -2.29. The summed E-state index contributed by atoms with van der Waals surface area (Å²) in [6, 6.07) is 4.35. The van der Waals surface area contributed by atoms with Gasteiger partial charge in [0.25, 0.3) is 5.91 Å². The Morgan fingerprint density at radius 2 is 1.80 bits per heavy atom. The Morgan fingerprint density at radius 3 is 2.40 bits per heavy atom. The van der Waals surface area contributed by atoms with Gasteiger partial charge in [-0.2, -0.15) is 0 Å². The van der Waals surface area contributed by atoms with Crippen LogP contribution in [0.15, 0.2) is 18.2 Å². The van der Waals surface area contributed by atoms with E-state index in [1.54, 1.807) is 17.0 Å². The minimum absolute atomic E-state index is 0.0347. The predicted molar refractivity (Wildman–Crippen MR) is 113 cm³/mol. The van der Waals surface area contributed by atoms with E-state index in [2.05, 4.69) is 0 Å². The molecule has 1 amide bonds. The molecule has 0 saturated carbocycles. The number of ether oxygens (including phenoxy) is 3. The van der Waals surface area contributed by atoms with Crippen molar-refractivity contribution < 1.29 is 32.2 Å². The average Bonchev–Trinajstić information content (AvgIpc) is 3.07. The lowest BCUT2D eigenvalue weighted by Gasteiger charge is -2.28. The molecular weight excluding hydrogens is 410 g/mol. The molecule has 9 heteroatoms. The zero-order valence-electron chi connectivity index (χ0n) is 17.9. The summed E-state index contributed by atoms with van der Waals surface area (Å²) in [4.78, 5) is 26.7. The molecule has 0 aliphatic carbocycles. The predicted octanol–water partition coefficient (Wildman–Crippen LogP) is 2.46. The van der Waals surface area contributed by atoms with Gasteiger partial charge in [0.2, 0.25) is 0 Å². The summed E-state index contributed by atoms with van der Waals surface area (Å²) in [6.07, 6.45) is 2.05. The van der Waals surface area contributed by atoms with Crippen LogP contribution in [-0.2, 0) is 19.4 Å². The maximum atomic E-state index is 12.7. The van der Waals surface area contributed by atoms with Crippen molar-refractivity contribution in [3.8, 4) is 11.5 Å². The van der Waals surface area contributed by atoms with Crippen molar-refractivity contribution in [2.75, 3.05) is 37.9 Å². The maximum Gasteiger partial charge on any atom is 0.338 e. The van der Waals surface area contributed by atoms with Gasteiger partial charge in [-0.25, -0.2) is 13.2 Å². The van der Waals surface area contributed by atoms with Crippen molar-refractivity contribution in [1.82, 2.24) is 4.90 Å². The van der Waals surface area contributed by atoms with Crippen LogP contribution < -0.4 is 9.47 Å². The molecule has 8 nitrogen and oxygen atoms in total. The van der Waals surface area contributed by atoms with Gasteiger partial charge in [-0.3, -0.25) is 4.79 Å². The van der Waals surface area contributed by atoms with Crippen molar-refractivity contribution in [1.29, 1.82) is 0 Å². The van der Waals surface area contributed by atoms with Crippen molar-refractivity contribution in [2.24, 2.45) is 0 Å². The number of hydrogen-bond donors (Lipinski definition) is 0. The number of hydrogen-bond acceptors (Lipinski definition) is 7. The smallest absolute Gasteiger partial charge is 0.338 e. The number of carbonyl (C=O) groups excluding carboxylic acids is 2. The fourth-order valence-electron chi connectivity index (χ4n) is 3.33. The SMILES string of the molecule is CCCCN(C(=O)COC(=O)c1ccc(OCC)c(OCC)c1)C1CCS(=O)(=O)C1. The van der Waals surface area contributed by atoms with Gasteiger partial charge >= 0.3 is 5.97 Å². The number of esters is 1. The van der Waals surface area contributed by atoms with Crippen LogP contribution in [0.4, 0.5) is 0 Å². The Labute approximate surface area is 178 Å². The summed E-state index contributed by atoms with van der Waals surface area (Å²) < 4.78 is 39.8. The van der Waals surface area contributed by atoms with E-state index in [1.165, 1.54) is 6.07 Å². The molecule has 1 aromatic carbocycles. The molecule has 168 valence electrons. The van der Waals surface area contributed by atoms with Crippen LogP contribution in [0, 0.1) is 0 Å². The van der Waals surface area contributed by atoms with E-state index < -0.39 is 22.4 Å². The summed E-state index contributed by atoms with van der Waals surface area (Å²) in [5.74, 6) is -0.0232. The Balaban J connectivity index is 2.03. The number of sulfone groups is 1. The van der Waals surface area contributed by atoms with E-state index >= 15 is 0 Å². The molecule has 0 bridgehead atoms. The molecule has 1 unspecified atom stereocenters. The second kappa shape index (κ2) is 11.2. The fraction of sp³-hybridized carbons (Fsp3) is 0.619. The molecule has 30 heavy (non-hydrogen) atoms. The first-order valence-corrected chi connectivity index (χ1v) is 12.2. The lowest BCUT2D eigenvalue weighted by atomic mass is 10.2. The highest BCUT2D eigenvalue weighted by Gasteiger charge is 2.34. The van der Waals surface area contributed by atoms with E-state index in [0.29, 0.717) is 37.7 Å². The van der Waals surface area contributed by atoms with Crippen molar-refractivity contribution in [3.05, 3.63) is 23.8 Å². The molecule has 1 aliphatic rings. The lowest BCUT2D eigenvalue weighted by molar-refractivity contribution is -0.136. The average molecular weight is 442 g/mol. The third-order valence-electron chi connectivity index (χ3n) is 4.83. The van der Waals surface area contributed by atoms with Gasteiger partial charge in [0, 0.05) is 12.6 Å². The van der Waals surface area contributed by atoms with E-state index in [4.69, 9.17) is 14.2 Å². The normalized spacial score (nSPS) is 17.4. The quantitative estimate of drug-likeness (QED) is 0.486. The largest absolute Gasteiger partial charge is 0.490 e. The minimum atomic E-state index is -3.12. The first-order chi connectivity index (χ1) is 14.3. The molecule has 1 atom stereocenters. The van der Waals surface area contributed by atoms with Crippen LogP contribution in [0.5, 0.6) is 11.5 Å². The molecule has 1 saturated heterocycles. The molecule has 0 aromatic heterocycles. The highest BCUT2D eigenvalue weighted by Crippen LogP contribution is 2.29. The first kappa shape index (κ1) is 24.0. The Bertz CT molecular complexity index is 838. The first-order valence-electron chi connectivity index (χ1n) is 10.4. The van der Waals surface area contributed by atoms with E-state index in [-0.39, 0.29) is 29.0 Å². The molecular formula is C21H31NO7S. The molecule has 1 fully saturated rings. The second-order valence-electron chi connectivity index (χ2n) is 7.10. The number of carbonyl (C=O) groups is 2. The molecule has 2 rings (SSSR count). The molecule has 1 aliphatic heterocycles. The summed E-state index contributed by atoms with van der Waals surface area (Å²) in [7, 11) is -3.12. The third-order valence-corrected chi connectivity index (χ3v) is 6.58. The Kier molecular flexibility index (Phi) is 8.95. The standard InChI is InChI=1S/C21H31NO7S/c1-4-7-11-22(17-10-12-30(25,26)15-17)20(23)14-29-21(24)16-8-9-18(27-5-2)19(13-16)28-6-3/h8-9,13,17H,4-7,10-12,14-15H2,1-3H3. The molecule has 0 radical (unpaired) electrons. The number of nitrogens with zero attached hydrogens (tertiary/aromatic N) is 1. The molecule has 1 heterocycles. The van der Waals surface area contributed by atoms with Gasteiger partial charge in [0.05, 0.1) is 30.3 Å². The van der Waals surface area contributed by atoms with Crippen LogP contribution >= 0.6 is 0 Å². The van der Waals surface area contributed by atoms with Gasteiger partial charge < -0.3 is 19.1 Å². The fourth-order valence-corrected chi connectivity index (χ4v) is 5.06. The van der Waals surface area contributed by atoms with Crippen LogP contribution in [0.3, 0.4) is 0 Å². The summed E-state index contributed by atoms with van der Waals surface area (Å²) in [5, 5.41) is 0. The lowest BCUT2D eigenvalue weighted by Crippen LogP contribution is -2.43. The van der Waals surface area contributed by atoms with Gasteiger partial charge in [0.1, 0.15) is 0 Å². The number of unbranched alkanes of at least 4 members (excludes halogenated alkanes) is 1. The van der Waals surface area contributed by atoms with Crippen molar-refractivity contribution >= 4 is 21.7 Å². The Morgan fingerprint density at radius 1 is 1.10 bits per heavy atom. The molecule has 1 aromatic rings. The maximum absolute atomic E-state index is 12.7. The monoisotopic (exact) mass is 441 g/mol. The van der Waals surface area contributed by atoms with Crippen LogP contribution in [-0.4, -0.2) is 69.1 Å². The van der Waals surface area contributed by atoms with Crippen LogP contribution in [0.2, 0.25) is 0 Å². The topological polar surface area (TPSA) is 99.2 Å². The summed E-state index contributed by atoms with van der Waals surface area (Å²) in [5.41, 5.74) is 0.248. The van der Waals surface area contributed by atoms with Crippen LogP contribution in [0.1, 0.15) is 50.4 Å². The highest BCUT2D eigenvalue weighted by atomic mass is 32.2. The van der Waals surface area contributed by atoms with Gasteiger partial charge in [-0.05, 0) is 44.9 Å². The van der Waals surface area contributed by atoms with Gasteiger partial charge in [0.15, 0.2) is 27.9 Å². The zero-order valence-corrected chi connectivity index (χ0v) is 18.7. The highest BCUT2D eigenvalue weighted by molar-refractivity contribution is 7.91.